The van der Waals surface area contributed by atoms with Crippen molar-refractivity contribution in [3.8, 4) is 5.75 Å². The van der Waals surface area contributed by atoms with Gasteiger partial charge < -0.3 is 9.72 Å². The highest BCUT2D eigenvalue weighted by Crippen LogP contribution is 2.32. The van der Waals surface area contributed by atoms with Crippen LogP contribution in [-0.2, 0) is 6.61 Å². The van der Waals surface area contributed by atoms with Crippen molar-refractivity contribution in [2.24, 2.45) is 0 Å². The number of ketones is 1. The molecule has 1 N–H and O–H groups in total. The first-order valence-electron chi connectivity index (χ1n) is 7.11. The summed E-state index contributed by atoms with van der Waals surface area (Å²) in [6.45, 7) is 0.383. The molecule has 0 aliphatic rings. The van der Waals surface area contributed by atoms with E-state index in [0.717, 1.165) is 5.56 Å². The summed E-state index contributed by atoms with van der Waals surface area (Å²) in [6, 6.07) is 16.9. The number of aromatic nitrogens is 1. The summed E-state index contributed by atoms with van der Waals surface area (Å²) in [5.74, 6) is 0.306. The summed E-state index contributed by atoms with van der Waals surface area (Å²) < 4.78 is 6.44. The number of carbonyl (C=O) groups is 1. The molecule has 0 saturated carbocycles. The zero-order valence-corrected chi connectivity index (χ0v) is 16.0. The van der Waals surface area contributed by atoms with Crippen LogP contribution in [0.15, 0.2) is 54.6 Å². The van der Waals surface area contributed by atoms with Gasteiger partial charge in [0.2, 0.25) is 5.78 Å². The van der Waals surface area contributed by atoms with Crippen molar-refractivity contribution in [3.63, 3.8) is 0 Å². The maximum atomic E-state index is 12.8. The molecule has 3 rings (SSSR count). The van der Waals surface area contributed by atoms with Gasteiger partial charge in [0.15, 0.2) is 0 Å². The highest BCUT2D eigenvalue weighted by Gasteiger charge is 2.22. The molecule has 1 heterocycles. The van der Waals surface area contributed by atoms with Crippen LogP contribution >= 0.6 is 45.8 Å². The Morgan fingerprint density at radius 2 is 1.71 bits per heavy atom. The van der Waals surface area contributed by atoms with Gasteiger partial charge in [0.05, 0.1) is 14.2 Å². The van der Waals surface area contributed by atoms with Crippen LogP contribution in [0.3, 0.4) is 0 Å². The van der Waals surface area contributed by atoms with Crippen LogP contribution in [0.25, 0.3) is 0 Å². The van der Waals surface area contributed by atoms with Crippen molar-refractivity contribution in [3.05, 3.63) is 85.2 Å². The van der Waals surface area contributed by atoms with Crippen LogP contribution < -0.4 is 4.74 Å². The van der Waals surface area contributed by atoms with Crippen LogP contribution in [-0.4, -0.2) is 10.8 Å². The number of H-pyrrole nitrogens is 1. The number of ether oxygens (including phenoxy) is 1. The highest BCUT2D eigenvalue weighted by atomic mass is 127. The van der Waals surface area contributed by atoms with Crippen LogP contribution in [0.4, 0.5) is 0 Å². The van der Waals surface area contributed by atoms with Crippen molar-refractivity contribution in [1.29, 1.82) is 0 Å². The first-order valence-corrected chi connectivity index (χ1v) is 8.94. The number of para-hydroxylation sites is 1. The van der Waals surface area contributed by atoms with Crippen LogP contribution in [0.2, 0.25) is 10.2 Å². The lowest BCUT2D eigenvalue weighted by Crippen LogP contribution is -2.07. The lowest BCUT2D eigenvalue weighted by atomic mass is 10.1. The fourth-order valence-electron chi connectivity index (χ4n) is 2.23. The van der Waals surface area contributed by atoms with E-state index in [9.17, 15) is 4.79 Å². The maximum Gasteiger partial charge on any atom is 0.214 e. The predicted octanol–water partition coefficient (Wildman–Crippen LogP) is 5.74. The van der Waals surface area contributed by atoms with E-state index in [4.69, 9.17) is 27.9 Å². The molecular formula is C18H12Cl2INO2. The quantitative estimate of drug-likeness (QED) is 0.381. The van der Waals surface area contributed by atoms with Crippen LogP contribution in [0.5, 0.6) is 5.75 Å². The second kappa shape index (κ2) is 7.59. The van der Waals surface area contributed by atoms with E-state index in [2.05, 4.69) is 4.98 Å². The van der Waals surface area contributed by atoms with Crippen LogP contribution in [0.1, 0.15) is 21.6 Å². The second-order valence-corrected chi connectivity index (χ2v) is 6.88. The van der Waals surface area contributed by atoms with Gasteiger partial charge in [-0.25, -0.2) is 0 Å². The van der Waals surface area contributed by atoms with Gasteiger partial charge in [0, 0.05) is 0 Å². The summed E-state index contributed by atoms with van der Waals surface area (Å²) in [4.78, 5) is 15.7. The molecule has 6 heteroatoms. The number of hydrogen-bond acceptors (Lipinski definition) is 2. The van der Waals surface area contributed by atoms with E-state index < -0.39 is 0 Å². The minimum atomic E-state index is -0.211. The molecule has 0 unspecified atom stereocenters. The third kappa shape index (κ3) is 3.61. The monoisotopic (exact) mass is 471 g/mol. The maximum absolute atomic E-state index is 12.8. The van der Waals surface area contributed by atoms with Crippen molar-refractivity contribution >= 4 is 51.6 Å². The summed E-state index contributed by atoms with van der Waals surface area (Å²) in [5.41, 5.74) is 1.85. The summed E-state index contributed by atoms with van der Waals surface area (Å²) >= 11 is 14.0. The Balaban J connectivity index is 1.88. The van der Waals surface area contributed by atoms with E-state index in [1.54, 1.807) is 18.2 Å². The zero-order chi connectivity index (χ0) is 17.1. The van der Waals surface area contributed by atoms with Gasteiger partial charge in [0.25, 0.3) is 0 Å². The zero-order valence-electron chi connectivity index (χ0n) is 12.4. The Kier molecular flexibility index (Phi) is 5.48. The van der Waals surface area contributed by atoms with Gasteiger partial charge in [-0.2, -0.15) is 0 Å². The summed E-state index contributed by atoms with van der Waals surface area (Å²) in [5, 5.41) is 0.607. The molecule has 0 saturated heterocycles. The van der Waals surface area contributed by atoms with Gasteiger partial charge in [0.1, 0.15) is 23.2 Å². The number of halogens is 3. The molecule has 0 atom stereocenters. The SMILES string of the molecule is O=C(c1ccccc1OCc1ccccc1)c1[nH]c(Cl)c(Cl)c1I. The Bertz CT molecular complexity index is 878. The molecule has 0 spiro atoms. The fourth-order valence-corrected chi connectivity index (χ4v) is 3.37. The third-order valence-electron chi connectivity index (χ3n) is 3.44. The van der Waals surface area contributed by atoms with Gasteiger partial charge in [-0.15, -0.1) is 0 Å². The first-order chi connectivity index (χ1) is 11.6. The lowest BCUT2D eigenvalue weighted by Gasteiger charge is -2.10. The molecule has 24 heavy (non-hydrogen) atoms. The van der Waals surface area contributed by atoms with Gasteiger partial charge in [-0.05, 0) is 40.3 Å². The molecule has 0 fully saturated rings. The van der Waals surface area contributed by atoms with E-state index in [1.165, 1.54) is 0 Å². The Morgan fingerprint density at radius 1 is 1.04 bits per heavy atom. The summed E-state index contributed by atoms with van der Waals surface area (Å²) in [6.07, 6.45) is 0. The van der Waals surface area contributed by atoms with E-state index in [0.29, 0.717) is 32.2 Å². The standard InChI is InChI=1S/C18H12Cl2INO2/c19-14-15(21)16(22-18(14)20)17(23)12-8-4-5-9-13(12)24-10-11-6-2-1-3-7-11/h1-9,22H,10H2. The molecule has 3 aromatic rings. The van der Waals surface area contributed by atoms with Crippen molar-refractivity contribution in [1.82, 2.24) is 4.98 Å². The molecule has 0 radical (unpaired) electrons. The smallest absolute Gasteiger partial charge is 0.214 e. The average Bonchev–Trinajstić information content (AvgIpc) is 2.88. The van der Waals surface area contributed by atoms with Crippen molar-refractivity contribution in [2.45, 2.75) is 6.61 Å². The second-order valence-electron chi connectivity index (χ2n) is 5.04. The number of benzene rings is 2. The lowest BCUT2D eigenvalue weighted by molar-refractivity contribution is 0.102. The Morgan fingerprint density at radius 3 is 2.38 bits per heavy atom. The molecule has 122 valence electrons. The molecule has 0 aliphatic heterocycles. The molecule has 2 aromatic carbocycles. The number of carbonyl (C=O) groups excluding carboxylic acids is 1. The van der Waals surface area contributed by atoms with Crippen molar-refractivity contribution in [2.75, 3.05) is 0 Å². The van der Waals surface area contributed by atoms with Gasteiger partial charge in [-0.3, -0.25) is 4.79 Å². The number of aromatic amines is 1. The molecule has 1 aromatic heterocycles. The number of nitrogens with one attached hydrogen (secondary N) is 1. The minimum Gasteiger partial charge on any atom is -0.488 e. The molecule has 0 aliphatic carbocycles. The first kappa shape index (κ1) is 17.3. The Hall–Kier alpha value is -1.50. The molecular weight excluding hydrogens is 460 g/mol. The topological polar surface area (TPSA) is 42.1 Å². The summed E-state index contributed by atoms with van der Waals surface area (Å²) in [7, 11) is 0. The third-order valence-corrected chi connectivity index (χ3v) is 5.59. The number of rotatable bonds is 5. The predicted molar refractivity (Wildman–Crippen MR) is 104 cm³/mol. The van der Waals surface area contributed by atoms with Gasteiger partial charge in [-0.1, -0.05) is 65.7 Å². The Labute approximate surface area is 163 Å². The molecule has 0 bridgehead atoms. The van der Waals surface area contributed by atoms with E-state index in [-0.39, 0.29) is 10.9 Å². The molecule has 0 amide bonds. The fraction of sp³-hybridized carbons (Fsp3) is 0.0556. The minimum absolute atomic E-state index is 0.211. The average molecular weight is 472 g/mol. The highest BCUT2D eigenvalue weighted by molar-refractivity contribution is 14.1. The van der Waals surface area contributed by atoms with E-state index in [1.807, 2.05) is 59.0 Å². The van der Waals surface area contributed by atoms with Gasteiger partial charge >= 0.3 is 0 Å². The normalized spacial score (nSPS) is 10.6. The van der Waals surface area contributed by atoms with Crippen molar-refractivity contribution < 1.29 is 9.53 Å². The number of hydrogen-bond donors (Lipinski definition) is 1. The largest absolute Gasteiger partial charge is 0.488 e. The van der Waals surface area contributed by atoms with E-state index >= 15 is 0 Å². The van der Waals surface area contributed by atoms with Crippen LogP contribution in [0, 0.1) is 3.57 Å². The molecule has 3 nitrogen and oxygen atoms in total.